The molecule has 1 aliphatic rings. The largest absolute Gasteiger partial charge is 0.301 e. The Morgan fingerprint density at radius 1 is 1.14 bits per heavy atom. The number of hydrogen-bond acceptors (Lipinski definition) is 4. The predicted molar refractivity (Wildman–Crippen MR) is 83.2 cm³/mol. The number of nitrogens with zero attached hydrogens (tertiary/aromatic N) is 1. The van der Waals surface area contributed by atoms with Crippen LogP contribution in [0.5, 0.6) is 0 Å². The molecule has 1 fully saturated rings. The number of piperidine rings is 1. The van der Waals surface area contributed by atoms with Crippen LogP contribution in [0.1, 0.15) is 30.4 Å². The molecule has 6 heteroatoms. The first-order valence-corrected chi connectivity index (χ1v) is 9.09. The second-order valence-electron chi connectivity index (χ2n) is 5.58. The third kappa shape index (κ3) is 6.13. The molecule has 1 aromatic carbocycles. The van der Waals surface area contributed by atoms with Gasteiger partial charge in [0.25, 0.3) is 0 Å². The van der Waals surface area contributed by atoms with Crippen LogP contribution in [0.15, 0.2) is 24.3 Å². The van der Waals surface area contributed by atoms with Gasteiger partial charge < -0.3 is 4.90 Å². The zero-order chi connectivity index (χ0) is 15.1. The van der Waals surface area contributed by atoms with Crippen LogP contribution in [0.3, 0.4) is 0 Å². The summed E-state index contributed by atoms with van der Waals surface area (Å²) in [5.74, 6) is -0.0585. The van der Waals surface area contributed by atoms with E-state index in [1.165, 1.54) is 19.3 Å². The van der Waals surface area contributed by atoms with Crippen molar-refractivity contribution in [3.63, 3.8) is 0 Å². The smallest absolute Gasteiger partial charge is 0.237 e. The minimum absolute atomic E-state index is 0.0585. The van der Waals surface area contributed by atoms with Gasteiger partial charge in [-0.1, -0.05) is 41.1 Å². The normalized spacial score (nSPS) is 17.0. The molecule has 0 bridgehead atoms. The molecule has 1 aliphatic heterocycles. The van der Waals surface area contributed by atoms with Gasteiger partial charge in [-0.25, -0.2) is 8.42 Å². The molecular formula is C15H24N2O3S. The van der Waals surface area contributed by atoms with Gasteiger partial charge in [0.15, 0.2) is 0 Å². The van der Waals surface area contributed by atoms with Crippen molar-refractivity contribution >= 4 is 10.0 Å². The molecule has 118 valence electrons. The number of rotatable bonds is 7. The lowest BCUT2D eigenvalue weighted by Crippen LogP contribution is -2.35. The summed E-state index contributed by atoms with van der Waals surface area (Å²) in [6.07, 6.45) is 3.73. The summed E-state index contributed by atoms with van der Waals surface area (Å²) in [5.41, 5.74) is 1.87. The summed E-state index contributed by atoms with van der Waals surface area (Å²) in [6.45, 7) is 5.29. The fourth-order valence-electron chi connectivity index (χ4n) is 2.42. The molecule has 1 aromatic rings. The van der Waals surface area contributed by atoms with Crippen LogP contribution < -0.4 is 4.89 Å². The van der Waals surface area contributed by atoms with Gasteiger partial charge in [0, 0.05) is 6.54 Å². The second kappa shape index (κ2) is 7.89. The molecule has 0 saturated carbocycles. The number of nitrogens with one attached hydrogen (secondary N) is 1. The van der Waals surface area contributed by atoms with E-state index in [2.05, 4.69) is 9.79 Å². The molecule has 0 unspecified atom stereocenters. The van der Waals surface area contributed by atoms with E-state index in [-0.39, 0.29) is 5.75 Å². The van der Waals surface area contributed by atoms with Crippen molar-refractivity contribution in [2.75, 3.05) is 26.2 Å². The monoisotopic (exact) mass is 312 g/mol. The topological polar surface area (TPSA) is 58.6 Å². The summed E-state index contributed by atoms with van der Waals surface area (Å²) in [6, 6.07) is 7.45. The Balaban J connectivity index is 1.69. The fraction of sp³-hybridized carbons (Fsp3) is 0.600. The van der Waals surface area contributed by atoms with E-state index in [0.717, 1.165) is 30.8 Å². The Morgan fingerprint density at radius 2 is 1.81 bits per heavy atom. The molecule has 2 rings (SSSR count). The molecule has 0 atom stereocenters. The van der Waals surface area contributed by atoms with Gasteiger partial charge in [-0.2, -0.15) is 0 Å². The number of benzene rings is 1. The molecular weight excluding hydrogens is 288 g/mol. The van der Waals surface area contributed by atoms with Crippen LogP contribution in [-0.4, -0.2) is 39.6 Å². The van der Waals surface area contributed by atoms with Crippen LogP contribution >= 0.6 is 0 Å². The first-order chi connectivity index (χ1) is 10.1. The molecule has 1 heterocycles. The highest BCUT2D eigenvalue weighted by Crippen LogP contribution is 2.08. The average molecular weight is 312 g/mol. The first kappa shape index (κ1) is 16.4. The van der Waals surface area contributed by atoms with Crippen LogP contribution in [0.2, 0.25) is 0 Å². The number of aryl methyl sites for hydroxylation is 1. The molecule has 0 spiro atoms. The Morgan fingerprint density at radius 3 is 2.48 bits per heavy atom. The molecule has 5 nitrogen and oxygen atoms in total. The summed E-state index contributed by atoms with van der Waals surface area (Å²) < 4.78 is 23.8. The molecule has 1 N–H and O–H groups in total. The van der Waals surface area contributed by atoms with E-state index in [4.69, 9.17) is 4.84 Å². The summed E-state index contributed by atoms with van der Waals surface area (Å²) in [5, 5.41) is 0. The van der Waals surface area contributed by atoms with Crippen LogP contribution in [0.25, 0.3) is 0 Å². The maximum absolute atomic E-state index is 11.9. The highest BCUT2D eigenvalue weighted by atomic mass is 32.2. The maximum Gasteiger partial charge on any atom is 0.237 e. The van der Waals surface area contributed by atoms with Crippen molar-refractivity contribution in [1.82, 2.24) is 9.79 Å². The molecule has 0 amide bonds. The highest BCUT2D eigenvalue weighted by Gasteiger charge is 2.13. The highest BCUT2D eigenvalue weighted by molar-refractivity contribution is 7.88. The van der Waals surface area contributed by atoms with Crippen molar-refractivity contribution in [2.45, 2.75) is 31.9 Å². The van der Waals surface area contributed by atoms with Gasteiger partial charge in [0.1, 0.15) is 0 Å². The molecule has 21 heavy (non-hydrogen) atoms. The third-order valence-electron chi connectivity index (χ3n) is 3.62. The summed E-state index contributed by atoms with van der Waals surface area (Å²) in [7, 11) is -3.44. The number of likely N-dealkylation sites (tertiary alicyclic amines) is 1. The van der Waals surface area contributed by atoms with Crippen molar-refractivity contribution in [1.29, 1.82) is 0 Å². The van der Waals surface area contributed by atoms with Gasteiger partial charge in [-0.3, -0.25) is 4.84 Å². The molecule has 0 radical (unpaired) electrons. The first-order valence-electron chi connectivity index (χ1n) is 7.44. The maximum atomic E-state index is 11.9. The quantitative estimate of drug-likeness (QED) is 0.616. The minimum atomic E-state index is -3.44. The van der Waals surface area contributed by atoms with E-state index < -0.39 is 10.0 Å². The van der Waals surface area contributed by atoms with Gasteiger partial charge >= 0.3 is 0 Å². The van der Waals surface area contributed by atoms with E-state index in [1.54, 1.807) is 0 Å². The van der Waals surface area contributed by atoms with Gasteiger partial charge in [0.05, 0.1) is 12.4 Å². The third-order valence-corrected chi connectivity index (χ3v) is 4.71. The Kier molecular flexibility index (Phi) is 6.17. The Bertz CT molecular complexity index is 522. The van der Waals surface area contributed by atoms with Crippen LogP contribution in [0, 0.1) is 6.92 Å². The van der Waals surface area contributed by atoms with E-state index in [1.807, 2.05) is 31.2 Å². The number of hydrogen-bond donors (Lipinski definition) is 1. The predicted octanol–water partition coefficient (Wildman–Crippen LogP) is 1.83. The average Bonchev–Trinajstić information content (AvgIpc) is 2.47. The van der Waals surface area contributed by atoms with Gasteiger partial charge in [0.2, 0.25) is 10.0 Å². The minimum Gasteiger partial charge on any atom is -0.301 e. The fourth-order valence-corrected chi connectivity index (χ4v) is 3.38. The Hall–Kier alpha value is -0.950. The lowest BCUT2D eigenvalue weighted by atomic mass is 10.1. The summed E-state index contributed by atoms with van der Waals surface area (Å²) in [4.78, 5) is 9.63. The SMILES string of the molecule is Cc1ccc(CS(=O)(=O)NOCCN2CCCCC2)cc1. The Labute approximate surface area is 127 Å². The van der Waals surface area contributed by atoms with Crippen LogP contribution in [0.4, 0.5) is 0 Å². The van der Waals surface area contributed by atoms with E-state index in [9.17, 15) is 8.42 Å². The zero-order valence-corrected chi connectivity index (χ0v) is 13.4. The van der Waals surface area contributed by atoms with Crippen molar-refractivity contribution < 1.29 is 13.3 Å². The zero-order valence-electron chi connectivity index (χ0n) is 12.5. The second-order valence-corrected chi connectivity index (χ2v) is 7.26. The van der Waals surface area contributed by atoms with Crippen molar-refractivity contribution in [3.05, 3.63) is 35.4 Å². The van der Waals surface area contributed by atoms with Crippen molar-refractivity contribution in [2.24, 2.45) is 0 Å². The van der Waals surface area contributed by atoms with Gasteiger partial charge in [-0.05, 0) is 38.4 Å². The van der Waals surface area contributed by atoms with Crippen molar-refractivity contribution in [3.8, 4) is 0 Å². The number of sulfonamides is 1. The van der Waals surface area contributed by atoms with Crippen LogP contribution in [-0.2, 0) is 20.6 Å². The van der Waals surface area contributed by atoms with E-state index >= 15 is 0 Å². The molecule has 0 aliphatic carbocycles. The molecule has 0 aromatic heterocycles. The summed E-state index contributed by atoms with van der Waals surface area (Å²) >= 11 is 0. The lowest BCUT2D eigenvalue weighted by molar-refractivity contribution is 0.0655. The van der Waals surface area contributed by atoms with Gasteiger partial charge in [-0.15, -0.1) is 0 Å². The van der Waals surface area contributed by atoms with E-state index in [0.29, 0.717) is 6.61 Å². The lowest BCUT2D eigenvalue weighted by Gasteiger charge is -2.25. The molecule has 1 saturated heterocycles. The standard InChI is InChI=1S/C15H24N2O3S/c1-14-5-7-15(8-6-14)13-21(18,19)16-20-12-11-17-9-3-2-4-10-17/h5-8,16H,2-4,9-13H2,1H3.